The minimum atomic E-state index is -0.891. The number of benzene rings is 3. The number of carbonyl (C=O) groups excluding carboxylic acids is 2. The molecule has 4 aromatic rings. The van der Waals surface area contributed by atoms with Gasteiger partial charge in [-0.25, -0.2) is 8.78 Å². The highest BCUT2D eigenvalue weighted by molar-refractivity contribution is 5.95. The van der Waals surface area contributed by atoms with Crippen LogP contribution >= 0.6 is 0 Å². The lowest BCUT2D eigenvalue weighted by molar-refractivity contribution is -0.129. The minimum Gasteiger partial charge on any atom is -0.349 e. The van der Waals surface area contributed by atoms with Gasteiger partial charge in [-0.2, -0.15) is 0 Å². The standard InChI is InChI=1S/C33H31F2N3O2/c1-2-30(25-15-19-36-20-16-25)37-32(40)33(27-9-13-29(35)14-10-27)17-21-38(22-18-33)31(39)26-5-3-23(4-6-26)24-7-11-28(34)12-8-24/h3-16,19-20,30H,2,17-18,21-22H2,1H3,(H,37,40). The number of piperidine rings is 1. The lowest BCUT2D eigenvalue weighted by Gasteiger charge is -2.42. The summed E-state index contributed by atoms with van der Waals surface area (Å²) in [6.45, 7) is 2.78. The van der Waals surface area contributed by atoms with E-state index in [-0.39, 0.29) is 29.5 Å². The highest BCUT2D eigenvalue weighted by Gasteiger charge is 2.44. The Balaban J connectivity index is 1.34. The molecule has 1 aliphatic rings. The molecule has 1 N–H and O–H groups in total. The zero-order chi connectivity index (χ0) is 28.1. The van der Waals surface area contributed by atoms with E-state index in [0.29, 0.717) is 37.9 Å². The number of hydrogen-bond acceptors (Lipinski definition) is 3. The summed E-state index contributed by atoms with van der Waals surface area (Å²) in [4.78, 5) is 33.2. The monoisotopic (exact) mass is 539 g/mol. The van der Waals surface area contributed by atoms with Crippen LogP contribution in [0.3, 0.4) is 0 Å². The molecule has 204 valence electrons. The van der Waals surface area contributed by atoms with E-state index in [2.05, 4.69) is 10.3 Å². The van der Waals surface area contributed by atoms with Crippen LogP contribution in [0.2, 0.25) is 0 Å². The maximum absolute atomic E-state index is 13.9. The van der Waals surface area contributed by atoms with Crippen molar-refractivity contribution in [3.8, 4) is 11.1 Å². The van der Waals surface area contributed by atoms with Crippen LogP contribution in [0.4, 0.5) is 8.78 Å². The van der Waals surface area contributed by atoms with Crippen LogP contribution in [-0.4, -0.2) is 34.8 Å². The summed E-state index contributed by atoms with van der Waals surface area (Å²) in [6, 6.07) is 23.2. The number of carbonyl (C=O) groups is 2. The zero-order valence-electron chi connectivity index (χ0n) is 22.3. The molecular weight excluding hydrogens is 508 g/mol. The van der Waals surface area contributed by atoms with Gasteiger partial charge in [-0.05, 0) is 90.0 Å². The van der Waals surface area contributed by atoms with E-state index < -0.39 is 5.41 Å². The fraction of sp³-hybridized carbons (Fsp3) is 0.242. The molecule has 2 amide bonds. The smallest absolute Gasteiger partial charge is 0.253 e. The number of nitrogens with one attached hydrogen (secondary N) is 1. The van der Waals surface area contributed by atoms with Crippen molar-refractivity contribution in [1.29, 1.82) is 0 Å². The van der Waals surface area contributed by atoms with Crippen molar-refractivity contribution < 1.29 is 18.4 Å². The van der Waals surface area contributed by atoms with Crippen LogP contribution in [0.5, 0.6) is 0 Å². The number of aromatic nitrogens is 1. The van der Waals surface area contributed by atoms with Crippen LogP contribution in [0.25, 0.3) is 11.1 Å². The van der Waals surface area contributed by atoms with E-state index >= 15 is 0 Å². The van der Waals surface area contributed by atoms with E-state index in [1.165, 1.54) is 24.3 Å². The number of amides is 2. The Hall–Kier alpha value is -4.39. The molecule has 7 heteroatoms. The molecule has 1 aromatic heterocycles. The Morgan fingerprint density at radius 2 is 1.35 bits per heavy atom. The van der Waals surface area contributed by atoms with Gasteiger partial charge in [0.25, 0.3) is 5.91 Å². The molecule has 40 heavy (non-hydrogen) atoms. The molecule has 1 aliphatic heterocycles. The molecule has 5 nitrogen and oxygen atoms in total. The molecule has 0 bridgehead atoms. The minimum absolute atomic E-state index is 0.109. The molecular formula is C33H31F2N3O2. The van der Waals surface area contributed by atoms with Gasteiger partial charge in [0.2, 0.25) is 5.91 Å². The summed E-state index contributed by atoms with van der Waals surface area (Å²) in [6.07, 6.45) is 4.94. The number of halogens is 2. The highest BCUT2D eigenvalue weighted by Crippen LogP contribution is 2.37. The lowest BCUT2D eigenvalue weighted by Crippen LogP contribution is -2.53. The van der Waals surface area contributed by atoms with Crippen molar-refractivity contribution in [2.75, 3.05) is 13.1 Å². The van der Waals surface area contributed by atoms with Crippen LogP contribution in [0.15, 0.2) is 97.3 Å². The molecule has 5 rings (SSSR count). The molecule has 2 heterocycles. The molecule has 0 saturated carbocycles. The first kappa shape index (κ1) is 27.2. The topological polar surface area (TPSA) is 62.3 Å². The maximum atomic E-state index is 13.9. The summed E-state index contributed by atoms with van der Waals surface area (Å²) in [5.74, 6) is -0.895. The van der Waals surface area contributed by atoms with Gasteiger partial charge in [0, 0.05) is 31.0 Å². The van der Waals surface area contributed by atoms with Gasteiger partial charge in [-0.1, -0.05) is 43.3 Å². The van der Waals surface area contributed by atoms with Crippen molar-refractivity contribution in [2.24, 2.45) is 0 Å². The van der Waals surface area contributed by atoms with Crippen LogP contribution in [0.1, 0.15) is 53.7 Å². The zero-order valence-corrected chi connectivity index (χ0v) is 22.3. The van der Waals surface area contributed by atoms with E-state index in [0.717, 1.165) is 22.3 Å². The Labute approximate surface area is 232 Å². The van der Waals surface area contributed by atoms with Crippen molar-refractivity contribution in [1.82, 2.24) is 15.2 Å². The average molecular weight is 540 g/mol. The van der Waals surface area contributed by atoms with Crippen molar-refractivity contribution >= 4 is 11.8 Å². The summed E-state index contributed by atoms with van der Waals surface area (Å²) >= 11 is 0. The lowest BCUT2D eigenvalue weighted by atomic mass is 9.71. The fourth-order valence-electron chi connectivity index (χ4n) is 5.45. The largest absolute Gasteiger partial charge is 0.349 e. The van der Waals surface area contributed by atoms with Gasteiger partial charge in [0.1, 0.15) is 11.6 Å². The van der Waals surface area contributed by atoms with Gasteiger partial charge in [0.05, 0.1) is 11.5 Å². The first-order valence-electron chi connectivity index (χ1n) is 13.5. The number of likely N-dealkylation sites (tertiary alicyclic amines) is 1. The summed E-state index contributed by atoms with van der Waals surface area (Å²) in [5.41, 5.74) is 3.13. The van der Waals surface area contributed by atoms with Crippen molar-refractivity contribution in [2.45, 2.75) is 37.6 Å². The molecule has 3 aromatic carbocycles. The summed E-state index contributed by atoms with van der Waals surface area (Å²) in [5, 5.41) is 3.22. The maximum Gasteiger partial charge on any atom is 0.253 e. The second-order valence-corrected chi connectivity index (χ2v) is 10.2. The quantitative estimate of drug-likeness (QED) is 0.293. The summed E-state index contributed by atoms with van der Waals surface area (Å²) in [7, 11) is 0. The molecule has 0 aliphatic carbocycles. The fourth-order valence-corrected chi connectivity index (χ4v) is 5.45. The Kier molecular flexibility index (Phi) is 8.01. The van der Waals surface area contributed by atoms with Crippen molar-refractivity contribution in [3.63, 3.8) is 0 Å². The summed E-state index contributed by atoms with van der Waals surface area (Å²) < 4.78 is 27.1. The second-order valence-electron chi connectivity index (χ2n) is 10.2. The van der Waals surface area contributed by atoms with E-state index in [1.54, 1.807) is 53.7 Å². The Morgan fingerprint density at radius 1 is 0.825 bits per heavy atom. The van der Waals surface area contributed by atoms with Gasteiger partial charge >= 0.3 is 0 Å². The predicted octanol–water partition coefficient (Wildman–Crippen LogP) is 6.47. The number of rotatable bonds is 7. The SMILES string of the molecule is CCC(NC(=O)C1(c2ccc(F)cc2)CCN(C(=O)c2ccc(-c3ccc(F)cc3)cc2)CC1)c1ccncc1. The van der Waals surface area contributed by atoms with E-state index in [1.807, 2.05) is 31.2 Å². The van der Waals surface area contributed by atoms with Gasteiger partial charge in [-0.15, -0.1) is 0 Å². The number of nitrogens with zero attached hydrogens (tertiary/aromatic N) is 2. The third kappa shape index (κ3) is 5.64. The molecule has 1 fully saturated rings. The molecule has 1 unspecified atom stereocenters. The van der Waals surface area contributed by atoms with Gasteiger partial charge in [0.15, 0.2) is 0 Å². The van der Waals surface area contributed by atoms with Crippen molar-refractivity contribution in [3.05, 3.63) is 126 Å². The third-order valence-electron chi connectivity index (χ3n) is 7.87. The molecule has 1 saturated heterocycles. The van der Waals surface area contributed by atoms with Crippen LogP contribution < -0.4 is 5.32 Å². The third-order valence-corrected chi connectivity index (χ3v) is 7.87. The average Bonchev–Trinajstić information content (AvgIpc) is 3.00. The Morgan fingerprint density at radius 3 is 1.90 bits per heavy atom. The van der Waals surface area contributed by atoms with Gasteiger partial charge < -0.3 is 10.2 Å². The molecule has 0 radical (unpaired) electrons. The van der Waals surface area contributed by atoms with Crippen LogP contribution in [0, 0.1) is 11.6 Å². The van der Waals surface area contributed by atoms with Gasteiger partial charge in [-0.3, -0.25) is 14.6 Å². The molecule has 0 spiro atoms. The number of pyridine rings is 1. The van der Waals surface area contributed by atoms with Crippen LogP contribution in [-0.2, 0) is 10.2 Å². The second kappa shape index (κ2) is 11.8. The normalized spacial score (nSPS) is 15.3. The first-order valence-corrected chi connectivity index (χ1v) is 13.5. The van der Waals surface area contributed by atoms with E-state index in [4.69, 9.17) is 0 Å². The first-order chi connectivity index (χ1) is 19.4. The number of hydrogen-bond donors (Lipinski definition) is 1. The highest BCUT2D eigenvalue weighted by atomic mass is 19.1. The Bertz CT molecular complexity index is 1450. The van der Waals surface area contributed by atoms with E-state index in [9.17, 15) is 18.4 Å². The molecule has 1 atom stereocenters. The predicted molar refractivity (Wildman–Crippen MR) is 150 cm³/mol.